The summed E-state index contributed by atoms with van der Waals surface area (Å²) in [5.74, 6) is 0.210. The molecule has 1 rings (SSSR count). The average Bonchev–Trinajstić information content (AvgIpc) is 2.30. The molecule has 17 heavy (non-hydrogen) atoms. The van der Waals surface area contributed by atoms with Crippen LogP contribution in [0.2, 0.25) is 0 Å². The Morgan fingerprint density at radius 3 is 2.41 bits per heavy atom. The molecule has 0 saturated heterocycles. The Hall–Kier alpha value is -1.07. The van der Waals surface area contributed by atoms with Crippen molar-refractivity contribution in [3.63, 3.8) is 0 Å². The molecule has 3 nitrogen and oxygen atoms in total. The van der Waals surface area contributed by atoms with Crippen molar-refractivity contribution in [2.45, 2.75) is 26.7 Å². The minimum atomic E-state index is -1.79. The van der Waals surface area contributed by atoms with E-state index in [1.165, 1.54) is 12.1 Å². The molecule has 2 N–H and O–H groups in total. The predicted octanol–water partition coefficient (Wildman–Crippen LogP) is 1.32. The molecule has 0 bridgehead atoms. The van der Waals surface area contributed by atoms with E-state index in [9.17, 15) is 4.39 Å². The largest absolute Gasteiger partial charge is 0.493 e. The molecular formula is C12H18BFO3. The van der Waals surface area contributed by atoms with Gasteiger partial charge < -0.3 is 14.8 Å². The summed E-state index contributed by atoms with van der Waals surface area (Å²) >= 11 is 0. The van der Waals surface area contributed by atoms with Crippen LogP contribution < -0.4 is 10.2 Å². The van der Waals surface area contributed by atoms with Gasteiger partial charge in [-0.3, -0.25) is 0 Å². The first-order chi connectivity index (χ1) is 8.08. The topological polar surface area (TPSA) is 49.7 Å². The number of halogens is 1. The van der Waals surface area contributed by atoms with Gasteiger partial charge in [-0.2, -0.15) is 0 Å². The zero-order chi connectivity index (χ0) is 12.8. The van der Waals surface area contributed by atoms with Crippen LogP contribution in [0, 0.1) is 11.7 Å². The first-order valence-corrected chi connectivity index (χ1v) is 5.86. The van der Waals surface area contributed by atoms with Gasteiger partial charge in [0, 0.05) is 11.5 Å². The van der Waals surface area contributed by atoms with Gasteiger partial charge in [0.2, 0.25) is 0 Å². The van der Waals surface area contributed by atoms with E-state index in [-0.39, 0.29) is 5.46 Å². The van der Waals surface area contributed by atoms with E-state index in [0.717, 1.165) is 12.8 Å². The second-order valence-corrected chi connectivity index (χ2v) is 4.05. The summed E-state index contributed by atoms with van der Waals surface area (Å²) in [6.45, 7) is 4.72. The third-order valence-electron chi connectivity index (χ3n) is 2.89. The van der Waals surface area contributed by atoms with Crippen LogP contribution in [-0.4, -0.2) is 23.8 Å². The standard InChI is InChI=1S/C12H18BFO3/c1-3-9(4-2)8-17-10-5-6-11(13(15)16)12(14)7-10/h5-7,9,15-16H,3-4,8H2,1-2H3. The Kier molecular flexibility index (Phi) is 5.45. The van der Waals surface area contributed by atoms with E-state index in [2.05, 4.69) is 13.8 Å². The number of rotatable bonds is 6. The van der Waals surface area contributed by atoms with Crippen LogP contribution in [-0.2, 0) is 0 Å². The van der Waals surface area contributed by atoms with E-state index in [1.807, 2.05) is 0 Å². The summed E-state index contributed by atoms with van der Waals surface area (Å²) in [6, 6.07) is 4.04. The van der Waals surface area contributed by atoms with Gasteiger partial charge in [-0.1, -0.05) is 32.8 Å². The SMILES string of the molecule is CCC(CC)COc1ccc(B(O)O)c(F)c1. The van der Waals surface area contributed by atoms with Gasteiger partial charge in [0.15, 0.2) is 0 Å². The zero-order valence-electron chi connectivity index (χ0n) is 10.2. The molecule has 1 aromatic carbocycles. The molecule has 0 aliphatic heterocycles. The predicted molar refractivity (Wildman–Crippen MR) is 65.8 cm³/mol. The average molecular weight is 240 g/mol. The van der Waals surface area contributed by atoms with Gasteiger partial charge >= 0.3 is 7.12 Å². The van der Waals surface area contributed by atoms with E-state index < -0.39 is 12.9 Å². The Balaban J connectivity index is 2.64. The number of ether oxygens (including phenoxy) is 1. The van der Waals surface area contributed by atoms with Crippen LogP contribution in [0.15, 0.2) is 18.2 Å². The second kappa shape index (κ2) is 6.62. The summed E-state index contributed by atoms with van der Waals surface area (Å²) in [7, 11) is -1.79. The molecule has 0 unspecified atom stereocenters. The Morgan fingerprint density at radius 2 is 1.94 bits per heavy atom. The molecule has 0 atom stereocenters. The molecule has 0 amide bonds. The summed E-state index contributed by atoms with van der Waals surface area (Å²) < 4.78 is 18.9. The maximum Gasteiger partial charge on any atom is 0.491 e. The zero-order valence-corrected chi connectivity index (χ0v) is 10.2. The fourth-order valence-corrected chi connectivity index (χ4v) is 1.55. The molecule has 1 aromatic rings. The fourth-order valence-electron chi connectivity index (χ4n) is 1.55. The van der Waals surface area contributed by atoms with Crippen LogP contribution >= 0.6 is 0 Å². The summed E-state index contributed by atoms with van der Waals surface area (Å²) in [5.41, 5.74) is -0.139. The van der Waals surface area contributed by atoms with E-state index in [1.54, 1.807) is 6.07 Å². The molecular weight excluding hydrogens is 222 g/mol. The highest BCUT2D eigenvalue weighted by atomic mass is 19.1. The van der Waals surface area contributed by atoms with Crippen molar-refractivity contribution >= 4 is 12.6 Å². The summed E-state index contributed by atoms with van der Waals surface area (Å²) in [6.07, 6.45) is 2.04. The highest BCUT2D eigenvalue weighted by molar-refractivity contribution is 6.58. The third-order valence-corrected chi connectivity index (χ3v) is 2.89. The highest BCUT2D eigenvalue weighted by Crippen LogP contribution is 2.14. The van der Waals surface area contributed by atoms with Gasteiger partial charge in [0.05, 0.1) is 6.61 Å². The minimum Gasteiger partial charge on any atom is -0.493 e. The molecule has 0 aromatic heterocycles. The lowest BCUT2D eigenvalue weighted by Gasteiger charge is -2.14. The van der Waals surface area contributed by atoms with Crippen LogP contribution in [0.4, 0.5) is 4.39 Å². The number of hydrogen-bond acceptors (Lipinski definition) is 3. The Morgan fingerprint density at radius 1 is 1.29 bits per heavy atom. The van der Waals surface area contributed by atoms with Crippen LogP contribution in [0.3, 0.4) is 0 Å². The highest BCUT2D eigenvalue weighted by Gasteiger charge is 2.16. The lowest BCUT2D eigenvalue weighted by molar-refractivity contribution is 0.240. The lowest BCUT2D eigenvalue weighted by Crippen LogP contribution is -2.32. The molecule has 0 saturated carbocycles. The quantitative estimate of drug-likeness (QED) is 0.737. The van der Waals surface area contributed by atoms with Crippen molar-refractivity contribution < 1.29 is 19.2 Å². The third kappa shape index (κ3) is 4.02. The normalized spacial score (nSPS) is 10.7. The van der Waals surface area contributed by atoms with E-state index in [4.69, 9.17) is 14.8 Å². The molecule has 0 heterocycles. The van der Waals surface area contributed by atoms with Crippen LogP contribution in [0.5, 0.6) is 5.75 Å². The van der Waals surface area contributed by atoms with Crippen molar-refractivity contribution in [3.05, 3.63) is 24.0 Å². The Labute approximate surface area is 101 Å². The molecule has 0 spiro atoms. The van der Waals surface area contributed by atoms with Crippen molar-refractivity contribution in [2.24, 2.45) is 5.92 Å². The monoisotopic (exact) mass is 240 g/mol. The van der Waals surface area contributed by atoms with Gasteiger partial charge in [-0.25, -0.2) is 4.39 Å². The number of benzene rings is 1. The molecule has 0 aliphatic rings. The maximum atomic E-state index is 13.4. The number of hydrogen-bond donors (Lipinski definition) is 2. The molecule has 0 fully saturated rings. The minimum absolute atomic E-state index is 0.139. The summed E-state index contributed by atoms with van der Waals surface area (Å²) in [4.78, 5) is 0. The van der Waals surface area contributed by atoms with Crippen molar-refractivity contribution in [2.75, 3.05) is 6.61 Å². The van der Waals surface area contributed by atoms with Gasteiger partial charge in [-0.05, 0) is 12.0 Å². The first kappa shape index (κ1) is 14.0. The Bertz CT molecular complexity index is 354. The van der Waals surface area contributed by atoms with Gasteiger partial charge in [0.25, 0.3) is 0 Å². The first-order valence-electron chi connectivity index (χ1n) is 5.86. The van der Waals surface area contributed by atoms with Gasteiger partial charge in [-0.15, -0.1) is 0 Å². The van der Waals surface area contributed by atoms with Crippen LogP contribution in [0.1, 0.15) is 26.7 Å². The molecule has 94 valence electrons. The van der Waals surface area contributed by atoms with Crippen molar-refractivity contribution in [1.29, 1.82) is 0 Å². The van der Waals surface area contributed by atoms with Crippen molar-refractivity contribution in [3.8, 4) is 5.75 Å². The molecule has 0 radical (unpaired) electrons. The second-order valence-electron chi connectivity index (χ2n) is 4.05. The molecule has 5 heteroatoms. The van der Waals surface area contributed by atoms with Crippen molar-refractivity contribution in [1.82, 2.24) is 0 Å². The smallest absolute Gasteiger partial charge is 0.491 e. The van der Waals surface area contributed by atoms with E-state index in [0.29, 0.717) is 18.3 Å². The lowest BCUT2D eigenvalue weighted by atomic mass is 9.80. The van der Waals surface area contributed by atoms with E-state index >= 15 is 0 Å². The summed E-state index contributed by atoms with van der Waals surface area (Å²) in [5, 5.41) is 17.7. The maximum absolute atomic E-state index is 13.4. The molecule has 0 aliphatic carbocycles. The van der Waals surface area contributed by atoms with Gasteiger partial charge in [0.1, 0.15) is 11.6 Å². The fraction of sp³-hybridized carbons (Fsp3) is 0.500. The van der Waals surface area contributed by atoms with Crippen LogP contribution in [0.25, 0.3) is 0 Å².